The molecule has 0 saturated heterocycles. The smallest absolute Gasteiger partial charge is 0.336 e. The van der Waals surface area contributed by atoms with Gasteiger partial charge >= 0.3 is 5.63 Å². The lowest BCUT2D eigenvalue weighted by atomic mass is 10.1. The fraction of sp³-hybridized carbons (Fsp3) is 0.0833. The Hall–Kier alpha value is -2.03. The van der Waals surface area contributed by atoms with E-state index in [0.29, 0.717) is 11.5 Å². The van der Waals surface area contributed by atoms with Gasteiger partial charge in [0.05, 0.1) is 12.7 Å². The molecule has 0 bridgehead atoms. The summed E-state index contributed by atoms with van der Waals surface area (Å²) in [7, 11) is 1.58. The normalized spacial score (nSPS) is 9.93. The van der Waals surface area contributed by atoms with Gasteiger partial charge in [0.2, 0.25) is 0 Å². The van der Waals surface area contributed by atoms with Gasteiger partial charge in [0, 0.05) is 6.07 Å². The largest absolute Gasteiger partial charge is 0.496 e. The van der Waals surface area contributed by atoms with Crippen molar-refractivity contribution in [2.45, 2.75) is 0 Å². The lowest BCUT2D eigenvalue weighted by Crippen LogP contribution is -1.96. The Morgan fingerprint density at radius 3 is 2.60 bits per heavy atom. The summed E-state index contributed by atoms with van der Waals surface area (Å²) in [6.45, 7) is 0. The van der Waals surface area contributed by atoms with E-state index in [2.05, 4.69) is 0 Å². The Kier molecular flexibility index (Phi) is 2.54. The van der Waals surface area contributed by atoms with E-state index in [0.717, 1.165) is 5.56 Å². The predicted octanol–water partition coefficient (Wildman–Crippen LogP) is 2.32. The molecular formula is C12H10O3. The van der Waals surface area contributed by atoms with E-state index in [-0.39, 0.29) is 5.63 Å². The van der Waals surface area contributed by atoms with Crippen molar-refractivity contribution in [2.24, 2.45) is 0 Å². The number of rotatable bonds is 2. The number of benzene rings is 1. The van der Waals surface area contributed by atoms with Gasteiger partial charge in [-0.05, 0) is 18.2 Å². The number of methoxy groups -OCH3 is 1. The zero-order valence-electron chi connectivity index (χ0n) is 8.27. The van der Waals surface area contributed by atoms with Crippen LogP contribution >= 0.6 is 0 Å². The Morgan fingerprint density at radius 2 is 1.87 bits per heavy atom. The molecule has 0 N–H and O–H groups in total. The van der Waals surface area contributed by atoms with Crippen molar-refractivity contribution in [1.82, 2.24) is 0 Å². The van der Waals surface area contributed by atoms with Crippen LogP contribution in [0.4, 0.5) is 0 Å². The quantitative estimate of drug-likeness (QED) is 0.750. The van der Waals surface area contributed by atoms with E-state index in [1.54, 1.807) is 19.2 Å². The summed E-state index contributed by atoms with van der Waals surface area (Å²) in [5, 5.41) is 0. The third kappa shape index (κ3) is 1.91. The van der Waals surface area contributed by atoms with E-state index in [1.807, 2.05) is 24.3 Å². The molecule has 0 radical (unpaired) electrons. The van der Waals surface area contributed by atoms with Crippen molar-refractivity contribution in [2.75, 3.05) is 7.11 Å². The molecule has 1 aromatic heterocycles. The number of para-hydroxylation sites is 1. The van der Waals surface area contributed by atoms with Crippen molar-refractivity contribution in [1.29, 1.82) is 0 Å². The van der Waals surface area contributed by atoms with Crippen molar-refractivity contribution in [3.8, 4) is 17.1 Å². The second-order valence-electron chi connectivity index (χ2n) is 3.01. The van der Waals surface area contributed by atoms with Crippen LogP contribution in [0.5, 0.6) is 5.75 Å². The lowest BCUT2D eigenvalue weighted by molar-refractivity contribution is 0.413. The lowest BCUT2D eigenvalue weighted by Gasteiger charge is -2.05. The first kappa shape index (κ1) is 9.52. The zero-order valence-corrected chi connectivity index (χ0v) is 8.27. The van der Waals surface area contributed by atoms with Gasteiger partial charge in [-0.25, -0.2) is 4.79 Å². The maximum atomic E-state index is 11.1. The summed E-state index contributed by atoms with van der Waals surface area (Å²) >= 11 is 0. The SMILES string of the molecule is COc1ccccc1-c1cccc(=O)o1. The second-order valence-corrected chi connectivity index (χ2v) is 3.01. The van der Waals surface area contributed by atoms with E-state index in [1.165, 1.54) is 6.07 Å². The highest BCUT2D eigenvalue weighted by Gasteiger charge is 2.06. The molecule has 0 aliphatic rings. The van der Waals surface area contributed by atoms with Crippen LogP contribution < -0.4 is 10.4 Å². The topological polar surface area (TPSA) is 39.4 Å². The predicted molar refractivity (Wildman–Crippen MR) is 57.0 cm³/mol. The third-order valence-corrected chi connectivity index (χ3v) is 2.06. The van der Waals surface area contributed by atoms with E-state index >= 15 is 0 Å². The van der Waals surface area contributed by atoms with Gasteiger partial charge in [-0.3, -0.25) is 0 Å². The van der Waals surface area contributed by atoms with Crippen LogP contribution in [0.25, 0.3) is 11.3 Å². The van der Waals surface area contributed by atoms with Crippen LogP contribution in [0.15, 0.2) is 51.7 Å². The first-order chi connectivity index (χ1) is 7.31. The minimum absolute atomic E-state index is 0.363. The Bertz CT molecular complexity index is 514. The van der Waals surface area contributed by atoms with Crippen molar-refractivity contribution in [3.63, 3.8) is 0 Å². The molecule has 0 spiro atoms. The van der Waals surface area contributed by atoms with Crippen LogP contribution in [0.1, 0.15) is 0 Å². The summed E-state index contributed by atoms with van der Waals surface area (Å²) in [6.07, 6.45) is 0. The first-order valence-corrected chi connectivity index (χ1v) is 4.55. The van der Waals surface area contributed by atoms with Crippen LogP contribution in [-0.2, 0) is 0 Å². The van der Waals surface area contributed by atoms with Crippen LogP contribution in [0, 0.1) is 0 Å². The molecule has 3 nitrogen and oxygen atoms in total. The molecule has 0 aliphatic carbocycles. The number of hydrogen-bond donors (Lipinski definition) is 0. The molecular weight excluding hydrogens is 192 g/mol. The summed E-state index contributed by atoms with van der Waals surface area (Å²) in [5.74, 6) is 1.20. The molecule has 2 aromatic rings. The molecule has 0 aliphatic heterocycles. The number of hydrogen-bond acceptors (Lipinski definition) is 3. The summed E-state index contributed by atoms with van der Waals surface area (Å²) < 4.78 is 10.2. The molecule has 3 heteroatoms. The molecule has 0 unspecified atom stereocenters. The third-order valence-electron chi connectivity index (χ3n) is 2.06. The standard InChI is InChI=1S/C12H10O3/c1-14-10-6-3-2-5-9(10)11-7-4-8-12(13)15-11/h2-8H,1H3. The first-order valence-electron chi connectivity index (χ1n) is 4.55. The monoisotopic (exact) mass is 202 g/mol. The van der Waals surface area contributed by atoms with Gasteiger partial charge < -0.3 is 9.15 Å². The second kappa shape index (κ2) is 4.00. The summed E-state index contributed by atoms with van der Waals surface area (Å²) in [6, 6.07) is 12.2. The van der Waals surface area contributed by atoms with Gasteiger partial charge in [-0.15, -0.1) is 0 Å². The minimum atomic E-state index is -0.363. The summed E-state index contributed by atoms with van der Waals surface area (Å²) in [4.78, 5) is 11.1. The fourth-order valence-electron chi connectivity index (χ4n) is 1.38. The maximum absolute atomic E-state index is 11.1. The van der Waals surface area contributed by atoms with Crippen molar-refractivity contribution in [3.05, 3.63) is 52.9 Å². The molecule has 0 atom stereocenters. The van der Waals surface area contributed by atoms with E-state index in [9.17, 15) is 4.79 Å². The number of ether oxygens (including phenoxy) is 1. The van der Waals surface area contributed by atoms with E-state index in [4.69, 9.17) is 9.15 Å². The van der Waals surface area contributed by atoms with E-state index < -0.39 is 0 Å². The van der Waals surface area contributed by atoms with Gasteiger partial charge in [0.25, 0.3) is 0 Å². The Balaban J connectivity index is 2.58. The van der Waals surface area contributed by atoms with Crippen LogP contribution in [0.3, 0.4) is 0 Å². The molecule has 2 rings (SSSR count). The molecule has 0 amide bonds. The Morgan fingerprint density at radius 1 is 1.07 bits per heavy atom. The van der Waals surface area contributed by atoms with Gasteiger partial charge in [0.15, 0.2) is 0 Å². The van der Waals surface area contributed by atoms with Crippen LogP contribution in [-0.4, -0.2) is 7.11 Å². The van der Waals surface area contributed by atoms with Gasteiger partial charge in [-0.1, -0.05) is 18.2 Å². The average molecular weight is 202 g/mol. The van der Waals surface area contributed by atoms with Gasteiger partial charge in [0.1, 0.15) is 11.5 Å². The highest BCUT2D eigenvalue weighted by molar-refractivity contribution is 5.65. The molecule has 76 valence electrons. The summed E-state index contributed by atoms with van der Waals surface area (Å²) in [5.41, 5.74) is 0.413. The minimum Gasteiger partial charge on any atom is -0.496 e. The molecule has 1 aromatic carbocycles. The highest BCUT2D eigenvalue weighted by Crippen LogP contribution is 2.28. The van der Waals surface area contributed by atoms with Gasteiger partial charge in [-0.2, -0.15) is 0 Å². The molecule has 15 heavy (non-hydrogen) atoms. The maximum Gasteiger partial charge on any atom is 0.336 e. The molecule has 0 fully saturated rings. The van der Waals surface area contributed by atoms with Crippen molar-refractivity contribution < 1.29 is 9.15 Å². The Labute approximate surface area is 86.9 Å². The van der Waals surface area contributed by atoms with Crippen molar-refractivity contribution >= 4 is 0 Å². The molecule has 0 saturated carbocycles. The zero-order chi connectivity index (χ0) is 10.7. The van der Waals surface area contributed by atoms with Crippen LogP contribution in [0.2, 0.25) is 0 Å². The fourth-order valence-corrected chi connectivity index (χ4v) is 1.38. The molecule has 1 heterocycles. The average Bonchev–Trinajstić information content (AvgIpc) is 2.29. The highest BCUT2D eigenvalue weighted by atomic mass is 16.5.